The van der Waals surface area contributed by atoms with Gasteiger partial charge in [-0.2, -0.15) is 0 Å². The summed E-state index contributed by atoms with van der Waals surface area (Å²) in [5, 5.41) is 0. The molecule has 6 unspecified atom stereocenters. The molecule has 0 aromatic rings. The summed E-state index contributed by atoms with van der Waals surface area (Å²) in [5.41, 5.74) is 0. The summed E-state index contributed by atoms with van der Waals surface area (Å²) in [5.74, 6) is 4.35. The van der Waals surface area contributed by atoms with Crippen LogP contribution >= 0.6 is 0 Å². The molecule has 16 heavy (non-hydrogen) atoms. The van der Waals surface area contributed by atoms with Crippen LogP contribution in [0, 0.1) is 23.7 Å². The van der Waals surface area contributed by atoms with Crippen LogP contribution in [0.25, 0.3) is 0 Å². The smallest absolute Gasteiger partial charge is 0.0875 e. The monoisotopic (exact) mass is 224 g/mol. The molecule has 2 heteroatoms. The second-order valence-electron chi connectivity index (χ2n) is 5.94. The molecule has 0 aromatic carbocycles. The van der Waals surface area contributed by atoms with Crippen molar-refractivity contribution in [3.8, 4) is 0 Å². The minimum Gasteiger partial charge on any atom is -0.385 e. The van der Waals surface area contributed by atoms with Gasteiger partial charge >= 0.3 is 0 Å². The molecule has 6 atom stereocenters. The van der Waals surface area contributed by atoms with E-state index >= 15 is 0 Å². The van der Waals surface area contributed by atoms with Crippen LogP contribution in [0.4, 0.5) is 0 Å². The topological polar surface area (TPSA) is 21.8 Å². The van der Waals surface area contributed by atoms with Crippen molar-refractivity contribution in [2.24, 2.45) is 23.7 Å². The molecule has 0 N–H and O–H groups in total. The molecule has 1 heterocycles. The van der Waals surface area contributed by atoms with Crippen LogP contribution < -0.4 is 0 Å². The number of hydrogen-bond acceptors (Lipinski definition) is 2. The van der Waals surface area contributed by atoms with Gasteiger partial charge in [0, 0.05) is 13.7 Å². The fraction of sp³-hybridized carbons (Fsp3) is 1.00. The average molecular weight is 224 g/mol. The van der Waals surface area contributed by atoms with E-state index in [1.807, 2.05) is 0 Å². The molecule has 0 spiro atoms. The van der Waals surface area contributed by atoms with Crippen molar-refractivity contribution in [1.82, 2.24) is 0 Å². The number of fused-ring (bicyclic) bond motifs is 7. The maximum absolute atomic E-state index is 5.62. The lowest BCUT2D eigenvalue weighted by molar-refractivity contribution is 0.147. The predicted octanol–water partition coefficient (Wildman–Crippen LogP) is 2.86. The first-order valence-corrected chi connectivity index (χ1v) is 6.99. The highest BCUT2D eigenvalue weighted by atomic mass is 16.6. The Labute approximate surface area is 98.7 Å². The molecular formula is C14H24O2. The third-order valence-corrected chi connectivity index (χ3v) is 5.07. The van der Waals surface area contributed by atoms with Crippen molar-refractivity contribution < 1.29 is 9.47 Å². The Morgan fingerprint density at radius 3 is 2.62 bits per heavy atom. The van der Waals surface area contributed by atoms with Crippen LogP contribution in [0.2, 0.25) is 0 Å². The normalized spacial score (nSPS) is 50.6. The summed E-state index contributed by atoms with van der Waals surface area (Å²) in [6, 6.07) is 0. The van der Waals surface area contributed by atoms with E-state index in [1.54, 1.807) is 20.0 Å². The average Bonchev–Trinajstić information content (AvgIpc) is 2.71. The highest BCUT2D eigenvalue weighted by Gasteiger charge is 2.64. The third-order valence-electron chi connectivity index (χ3n) is 5.07. The molecule has 0 aromatic heterocycles. The lowest BCUT2D eigenvalue weighted by Gasteiger charge is -2.25. The first-order chi connectivity index (χ1) is 7.85. The van der Waals surface area contributed by atoms with E-state index in [2.05, 4.69) is 6.92 Å². The van der Waals surface area contributed by atoms with Crippen molar-refractivity contribution in [3.05, 3.63) is 0 Å². The third kappa shape index (κ3) is 1.70. The van der Waals surface area contributed by atoms with Crippen molar-refractivity contribution >= 4 is 0 Å². The fourth-order valence-corrected chi connectivity index (χ4v) is 4.47. The Hall–Kier alpha value is -0.0800. The molecule has 3 aliphatic carbocycles. The molecule has 4 aliphatic rings. The Balaban J connectivity index is 0.000000142. The van der Waals surface area contributed by atoms with Gasteiger partial charge in [-0.25, -0.2) is 0 Å². The summed E-state index contributed by atoms with van der Waals surface area (Å²) in [6.07, 6.45) is 8.65. The van der Waals surface area contributed by atoms with E-state index in [4.69, 9.17) is 9.47 Å². The van der Waals surface area contributed by atoms with Gasteiger partial charge in [-0.05, 0) is 55.8 Å². The maximum Gasteiger partial charge on any atom is 0.0875 e. The van der Waals surface area contributed by atoms with E-state index in [1.165, 1.54) is 12.8 Å². The quantitative estimate of drug-likeness (QED) is 0.673. The van der Waals surface area contributed by atoms with Gasteiger partial charge in [-0.15, -0.1) is 0 Å². The molecule has 1 aliphatic heterocycles. The van der Waals surface area contributed by atoms with Gasteiger partial charge in [0.1, 0.15) is 0 Å². The SMILES string of the molecule is C1CC2CC1C1CC3OC3C21.CCCOC. The van der Waals surface area contributed by atoms with Crippen molar-refractivity contribution in [2.45, 2.75) is 51.2 Å². The van der Waals surface area contributed by atoms with Gasteiger partial charge in [0.2, 0.25) is 0 Å². The van der Waals surface area contributed by atoms with Crippen LogP contribution in [0.1, 0.15) is 39.0 Å². The van der Waals surface area contributed by atoms with Crippen LogP contribution in [0.5, 0.6) is 0 Å². The molecule has 4 rings (SSSR count). The van der Waals surface area contributed by atoms with Crippen LogP contribution in [0.3, 0.4) is 0 Å². The molecule has 2 nitrogen and oxygen atoms in total. The Kier molecular flexibility index (Phi) is 2.97. The van der Waals surface area contributed by atoms with Gasteiger partial charge in [-0.3, -0.25) is 0 Å². The van der Waals surface area contributed by atoms with Crippen LogP contribution in [0.15, 0.2) is 0 Å². The van der Waals surface area contributed by atoms with Gasteiger partial charge in [-0.1, -0.05) is 6.92 Å². The summed E-state index contributed by atoms with van der Waals surface area (Å²) >= 11 is 0. The minimum absolute atomic E-state index is 0.730. The number of epoxide rings is 1. The molecule has 92 valence electrons. The summed E-state index contributed by atoms with van der Waals surface area (Å²) in [6.45, 7) is 2.98. The molecular weight excluding hydrogens is 200 g/mol. The lowest BCUT2D eigenvalue weighted by atomic mass is 9.81. The number of hydrogen-bond donors (Lipinski definition) is 0. The van der Waals surface area contributed by atoms with Gasteiger partial charge in [0.05, 0.1) is 12.2 Å². The molecule has 2 bridgehead atoms. The van der Waals surface area contributed by atoms with Crippen molar-refractivity contribution in [1.29, 1.82) is 0 Å². The van der Waals surface area contributed by atoms with E-state index in [9.17, 15) is 0 Å². The summed E-state index contributed by atoms with van der Waals surface area (Å²) in [7, 11) is 1.71. The molecule has 1 saturated heterocycles. The summed E-state index contributed by atoms with van der Waals surface area (Å²) in [4.78, 5) is 0. The van der Waals surface area contributed by atoms with Gasteiger partial charge in [0.15, 0.2) is 0 Å². The number of methoxy groups -OCH3 is 1. The Morgan fingerprint density at radius 1 is 1.19 bits per heavy atom. The van der Waals surface area contributed by atoms with Crippen LogP contribution in [-0.4, -0.2) is 25.9 Å². The second kappa shape index (κ2) is 4.30. The standard InChI is InChI=1S/C10H14O.C4H10O/c1-2-6-3-5(1)7-4-8-10(11-8)9(6)7;1-3-4-5-2/h5-10H,1-4H2;3-4H2,1-2H3. The minimum atomic E-state index is 0.730. The zero-order valence-corrected chi connectivity index (χ0v) is 10.5. The predicted molar refractivity (Wildman–Crippen MR) is 63.3 cm³/mol. The van der Waals surface area contributed by atoms with E-state index in [0.29, 0.717) is 0 Å². The first kappa shape index (κ1) is 11.0. The molecule has 0 radical (unpaired) electrons. The number of rotatable bonds is 2. The number of ether oxygens (including phenoxy) is 2. The zero-order chi connectivity index (χ0) is 11.1. The molecule has 0 amide bonds. The Bertz CT molecular complexity index is 251. The van der Waals surface area contributed by atoms with Crippen molar-refractivity contribution in [3.63, 3.8) is 0 Å². The summed E-state index contributed by atoms with van der Waals surface area (Å²) < 4.78 is 10.3. The maximum atomic E-state index is 5.62. The first-order valence-electron chi connectivity index (χ1n) is 6.99. The van der Waals surface area contributed by atoms with Crippen molar-refractivity contribution in [2.75, 3.05) is 13.7 Å². The highest BCUT2D eigenvalue weighted by molar-refractivity contribution is 5.12. The zero-order valence-electron chi connectivity index (χ0n) is 10.5. The largest absolute Gasteiger partial charge is 0.385 e. The fourth-order valence-electron chi connectivity index (χ4n) is 4.47. The second-order valence-corrected chi connectivity index (χ2v) is 5.94. The van der Waals surface area contributed by atoms with E-state index in [0.717, 1.165) is 48.9 Å². The molecule has 4 fully saturated rings. The highest BCUT2D eigenvalue weighted by Crippen LogP contribution is 2.64. The Morgan fingerprint density at radius 2 is 2.00 bits per heavy atom. The van der Waals surface area contributed by atoms with Gasteiger partial charge < -0.3 is 9.47 Å². The van der Waals surface area contributed by atoms with Crippen LogP contribution in [-0.2, 0) is 9.47 Å². The lowest BCUT2D eigenvalue weighted by Crippen LogP contribution is -2.22. The van der Waals surface area contributed by atoms with E-state index in [-0.39, 0.29) is 0 Å². The van der Waals surface area contributed by atoms with Gasteiger partial charge in [0.25, 0.3) is 0 Å². The van der Waals surface area contributed by atoms with E-state index < -0.39 is 0 Å². The molecule has 3 saturated carbocycles.